The SMILES string of the molecule is CCOC(=O)[C@H](CCCCBr)c1ccccc1. The molecule has 0 radical (unpaired) electrons. The topological polar surface area (TPSA) is 26.3 Å². The molecule has 1 rings (SSSR count). The van der Waals surface area contributed by atoms with E-state index >= 15 is 0 Å². The number of benzene rings is 1. The molecule has 0 bridgehead atoms. The Morgan fingerprint density at radius 1 is 1.29 bits per heavy atom. The zero-order chi connectivity index (χ0) is 12.5. The maximum Gasteiger partial charge on any atom is 0.313 e. The van der Waals surface area contributed by atoms with Gasteiger partial charge in [0, 0.05) is 5.33 Å². The van der Waals surface area contributed by atoms with E-state index in [0.29, 0.717) is 6.61 Å². The van der Waals surface area contributed by atoms with Gasteiger partial charge in [-0.2, -0.15) is 0 Å². The van der Waals surface area contributed by atoms with Crippen LogP contribution in [-0.4, -0.2) is 17.9 Å². The Hall–Kier alpha value is -0.830. The van der Waals surface area contributed by atoms with Gasteiger partial charge in [0.25, 0.3) is 0 Å². The van der Waals surface area contributed by atoms with Gasteiger partial charge in [-0.05, 0) is 25.3 Å². The van der Waals surface area contributed by atoms with Crippen LogP contribution in [0, 0.1) is 0 Å². The van der Waals surface area contributed by atoms with Gasteiger partial charge in [-0.3, -0.25) is 4.79 Å². The van der Waals surface area contributed by atoms with Crippen molar-refractivity contribution in [2.75, 3.05) is 11.9 Å². The third-order valence-electron chi connectivity index (χ3n) is 2.65. The highest BCUT2D eigenvalue weighted by Crippen LogP contribution is 2.23. The zero-order valence-corrected chi connectivity index (χ0v) is 11.8. The highest BCUT2D eigenvalue weighted by atomic mass is 79.9. The van der Waals surface area contributed by atoms with Crippen molar-refractivity contribution in [3.63, 3.8) is 0 Å². The normalized spacial score (nSPS) is 12.1. The van der Waals surface area contributed by atoms with Crippen molar-refractivity contribution in [1.82, 2.24) is 0 Å². The first kappa shape index (κ1) is 14.2. The number of alkyl halides is 1. The number of halogens is 1. The number of carbonyl (C=O) groups excluding carboxylic acids is 1. The molecule has 0 saturated carbocycles. The molecule has 0 aliphatic rings. The Morgan fingerprint density at radius 2 is 2.00 bits per heavy atom. The van der Waals surface area contributed by atoms with Crippen molar-refractivity contribution >= 4 is 21.9 Å². The summed E-state index contributed by atoms with van der Waals surface area (Å²) in [6, 6.07) is 9.88. The van der Waals surface area contributed by atoms with Gasteiger partial charge in [0.05, 0.1) is 12.5 Å². The first-order valence-electron chi connectivity index (χ1n) is 6.07. The molecule has 0 aliphatic carbocycles. The fourth-order valence-corrected chi connectivity index (χ4v) is 2.19. The first-order valence-corrected chi connectivity index (χ1v) is 7.19. The molecule has 2 nitrogen and oxygen atoms in total. The van der Waals surface area contributed by atoms with E-state index in [-0.39, 0.29) is 11.9 Å². The molecule has 1 aromatic rings. The molecule has 17 heavy (non-hydrogen) atoms. The molecule has 0 saturated heterocycles. The van der Waals surface area contributed by atoms with Crippen molar-refractivity contribution in [3.05, 3.63) is 35.9 Å². The van der Waals surface area contributed by atoms with Crippen LogP contribution in [0.15, 0.2) is 30.3 Å². The lowest BCUT2D eigenvalue weighted by atomic mass is 9.94. The van der Waals surface area contributed by atoms with Gasteiger partial charge in [-0.1, -0.05) is 52.7 Å². The summed E-state index contributed by atoms with van der Waals surface area (Å²) < 4.78 is 5.14. The number of carbonyl (C=O) groups is 1. The van der Waals surface area contributed by atoms with Crippen LogP contribution >= 0.6 is 15.9 Å². The summed E-state index contributed by atoms with van der Waals surface area (Å²) in [6.07, 6.45) is 2.97. The Bertz CT molecular complexity index is 324. The summed E-state index contributed by atoms with van der Waals surface area (Å²) >= 11 is 3.41. The molecule has 1 atom stereocenters. The van der Waals surface area contributed by atoms with Crippen LogP contribution in [0.1, 0.15) is 37.7 Å². The predicted octanol–water partition coefficient (Wildman–Crippen LogP) is 3.90. The average molecular weight is 299 g/mol. The minimum Gasteiger partial charge on any atom is -0.466 e. The average Bonchev–Trinajstić information content (AvgIpc) is 2.36. The molecular formula is C14H19BrO2. The Labute approximate surface area is 111 Å². The molecule has 94 valence electrons. The van der Waals surface area contributed by atoms with Crippen molar-refractivity contribution in [2.45, 2.75) is 32.1 Å². The predicted molar refractivity (Wildman–Crippen MR) is 73.5 cm³/mol. The second kappa shape index (κ2) is 8.29. The lowest BCUT2D eigenvalue weighted by Crippen LogP contribution is -2.16. The molecule has 0 heterocycles. The Morgan fingerprint density at radius 3 is 2.59 bits per heavy atom. The van der Waals surface area contributed by atoms with Crippen molar-refractivity contribution in [1.29, 1.82) is 0 Å². The third-order valence-corrected chi connectivity index (χ3v) is 3.21. The summed E-state index contributed by atoms with van der Waals surface area (Å²) in [7, 11) is 0. The monoisotopic (exact) mass is 298 g/mol. The Balaban J connectivity index is 2.68. The largest absolute Gasteiger partial charge is 0.466 e. The van der Waals surface area contributed by atoms with Crippen LogP contribution in [0.4, 0.5) is 0 Å². The van der Waals surface area contributed by atoms with Gasteiger partial charge in [-0.15, -0.1) is 0 Å². The van der Waals surface area contributed by atoms with Crippen LogP contribution in [0.3, 0.4) is 0 Å². The fraction of sp³-hybridized carbons (Fsp3) is 0.500. The maximum absolute atomic E-state index is 11.9. The van der Waals surface area contributed by atoms with Gasteiger partial charge < -0.3 is 4.74 Å². The van der Waals surface area contributed by atoms with Gasteiger partial charge in [0.15, 0.2) is 0 Å². The van der Waals surface area contributed by atoms with E-state index in [1.807, 2.05) is 37.3 Å². The summed E-state index contributed by atoms with van der Waals surface area (Å²) in [5, 5.41) is 0.983. The van der Waals surface area contributed by atoms with Crippen molar-refractivity contribution in [2.24, 2.45) is 0 Å². The second-order valence-corrected chi connectivity index (χ2v) is 4.69. The quantitative estimate of drug-likeness (QED) is 0.433. The van der Waals surface area contributed by atoms with Crippen LogP contribution in [0.5, 0.6) is 0 Å². The number of hydrogen-bond acceptors (Lipinski definition) is 2. The van der Waals surface area contributed by atoms with Gasteiger partial charge in [0.1, 0.15) is 0 Å². The highest BCUT2D eigenvalue weighted by Gasteiger charge is 2.20. The van der Waals surface area contributed by atoms with Gasteiger partial charge in [-0.25, -0.2) is 0 Å². The van der Waals surface area contributed by atoms with Crippen molar-refractivity contribution < 1.29 is 9.53 Å². The molecule has 0 amide bonds. The molecule has 0 aromatic heterocycles. The van der Waals surface area contributed by atoms with Crippen molar-refractivity contribution in [3.8, 4) is 0 Å². The minimum absolute atomic E-state index is 0.103. The molecule has 0 fully saturated rings. The summed E-state index contributed by atoms with van der Waals surface area (Å²) in [4.78, 5) is 11.9. The Kier molecular flexibility index (Phi) is 6.94. The number of esters is 1. The zero-order valence-electron chi connectivity index (χ0n) is 10.2. The number of hydrogen-bond donors (Lipinski definition) is 0. The van der Waals surface area contributed by atoms with Crippen LogP contribution in [0.2, 0.25) is 0 Å². The molecule has 3 heteroatoms. The first-order chi connectivity index (χ1) is 8.29. The standard InChI is InChI=1S/C14H19BrO2/c1-2-17-14(16)13(10-6-7-11-15)12-8-4-3-5-9-12/h3-5,8-9,13H,2,6-7,10-11H2,1H3/t13-/m1/s1. The summed E-state index contributed by atoms with van der Waals surface area (Å²) in [5.41, 5.74) is 1.06. The summed E-state index contributed by atoms with van der Waals surface area (Å²) in [5.74, 6) is -0.219. The number of ether oxygens (including phenoxy) is 1. The lowest BCUT2D eigenvalue weighted by Gasteiger charge is -2.15. The van der Waals surface area contributed by atoms with Crippen LogP contribution in [-0.2, 0) is 9.53 Å². The van der Waals surface area contributed by atoms with E-state index < -0.39 is 0 Å². The lowest BCUT2D eigenvalue weighted by molar-refractivity contribution is -0.145. The van der Waals surface area contributed by atoms with E-state index in [0.717, 1.165) is 30.2 Å². The van der Waals surface area contributed by atoms with Crippen LogP contribution in [0.25, 0.3) is 0 Å². The molecule has 1 aromatic carbocycles. The molecule has 0 aliphatic heterocycles. The molecular weight excluding hydrogens is 280 g/mol. The van der Waals surface area contributed by atoms with E-state index in [1.165, 1.54) is 0 Å². The molecule has 0 unspecified atom stereocenters. The van der Waals surface area contributed by atoms with Crippen LogP contribution < -0.4 is 0 Å². The third kappa shape index (κ3) is 4.90. The molecule has 0 N–H and O–H groups in total. The van der Waals surface area contributed by atoms with E-state index in [9.17, 15) is 4.79 Å². The number of unbranched alkanes of at least 4 members (excludes halogenated alkanes) is 1. The molecule has 0 spiro atoms. The smallest absolute Gasteiger partial charge is 0.313 e. The van der Waals surface area contributed by atoms with E-state index in [1.54, 1.807) is 0 Å². The van der Waals surface area contributed by atoms with Gasteiger partial charge in [0.2, 0.25) is 0 Å². The minimum atomic E-state index is -0.116. The van der Waals surface area contributed by atoms with Gasteiger partial charge >= 0.3 is 5.97 Å². The maximum atomic E-state index is 11.9. The van der Waals surface area contributed by atoms with E-state index in [2.05, 4.69) is 15.9 Å². The fourth-order valence-electron chi connectivity index (χ4n) is 1.79. The number of rotatable bonds is 7. The summed E-state index contributed by atoms with van der Waals surface area (Å²) in [6.45, 7) is 2.29. The highest BCUT2D eigenvalue weighted by molar-refractivity contribution is 9.09. The second-order valence-electron chi connectivity index (χ2n) is 3.90. The van der Waals surface area contributed by atoms with E-state index in [4.69, 9.17) is 4.74 Å².